The maximum absolute atomic E-state index is 12.2. The molecule has 2 rings (SSSR count). The molecule has 1 N–H and O–H groups in total. The van der Waals surface area contributed by atoms with Crippen LogP contribution in [0.4, 0.5) is 0 Å². The second-order valence-electron chi connectivity index (χ2n) is 6.97. The molecule has 0 unspecified atom stereocenters. The summed E-state index contributed by atoms with van der Waals surface area (Å²) >= 11 is 5.95. The van der Waals surface area contributed by atoms with E-state index in [9.17, 15) is 13.2 Å². The molecular weight excluding hydrogens is 388 g/mol. The van der Waals surface area contributed by atoms with Crippen LogP contribution in [0.15, 0.2) is 53.6 Å². The second-order valence-corrected chi connectivity index (χ2v) is 8.98. The number of nitrogens with zero attached hydrogens (tertiary/aromatic N) is 1. The van der Waals surface area contributed by atoms with Crippen molar-refractivity contribution in [3.05, 3.63) is 64.7 Å². The molecule has 0 aliphatic carbocycles. The molecule has 0 radical (unpaired) electrons. The van der Waals surface area contributed by atoms with Crippen molar-refractivity contribution >= 4 is 33.3 Å². The fourth-order valence-corrected chi connectivity index (χ4v) is 2.61. The van der Waals surface area contributed by atoms with E-state index in [1.807, 2.05) is 0 Å². The second kappa shape index (κ2) is 8.10. The Morgan fingerprint density at radius 2 is 1.48 bits per heavy atom. The predicted octanol–water partition coefficient (Wildman–Crippen LogP) is 3.59. The molecule has 0 spiro atoms. The minimum absolute atomic E-state index is 0.190. The summed E-state index contributed by atoms with van der Waals surface area (Å²) in [6.45, 7) is 5.37. The highest BCUT2D eigenvalue weighted by atomic mass is 35.5. The van der Waals surface area contributed by atoms with Gasteiger partial charge in [-0.05, 0) is 36.4 Å². The molecule has 0 saturated heterocycles. The Bertz CT molecular complexity index is 945. The van der Waals surface area contributed by atoms with Gasteiger partial charge in [0.05, 0.1) is 12.0 Å². The Morgan fingerprint density at radius 1 is 1.00 bits per heavy atom. The normalized spacial score (nSPS) is 12.6. The van der Waals surface area contributed by atoms with Gasteiger partial charge in [-0.25, -0.2) is 5.43 Å². The zero-order chi connectivity index (χ0) is 20.2. The van der Waals surface area contributed by atoms with Crippen LogP contribution in [0.3, 0.4) is 0 Å². The average molecular weight is 409 g/mol. The third kappa shape index (κ3) is 6.37. The van der Waals surface area contributed by atoms with Crippen LogP contribution in [0.25, 0.3) is 0 Å². The molecule has 1 amide bonds. The lowest BCUT2D eigenvalue weighted by Crippen LogP contribution is -2.32. The Morgan fingerprint density at radius 3 is 1.93 bits per heavy atom. The zero-order valence-corrected chi connectivity index (χ0v) is 17.1. The molecule has 0 heterocycles. The molecule has 2 aromatic carbocycles. The molecule has 0 aromatic heterocycles. The summed E-state index contributed by atoms with van der Waals surface area (Å²) in [5.74, 6) is -0.0403. The summed E-state index contributed by atoms with van der Waals surface area (Å²) in [4.78, 5) is 12.2. The van der Waals surface area contributed by atoms with Crippen molar-refractivity contribution in [2.45, 2.75) is 20.8 Å². The minimum Gasteiger partial charge on any atom is -0.383 e. The van der Waals surface area contributed by atoms with Gasteiger partial charge in [0.15, 0.2) is 0 Å². The van der Waals surface area contributed by atoms with Crippen LogP contribution in [0, 0.1) is 5.41 Å². The summed E-state index contributed by atoms with van der Waals surface area (Å²) in [5.41, 5.74) is 3.90. The number of amides is 1. The molecule has 0 bridgehead atoms. The van der Waals surface area contributed by atoms with Crippen LogP contribution in [-0.4, -0.2) is 26.3 Å². The topological polar surface area (TPSA) is 84.8 Å². The van der Waals surface area contributed by atoms with Crippen molar-refractivity contribution in [3.8, 4) is 5.75 Å². The van der Waals surface area contributed by atoms with Gasteiger partial charge in [-0.2, -0.15) is 13.5 Å². The van der Waals surface area contributed by atoms with Crippen LogP contribution < -0.4 is 9.61 Å². The average Bonchev–Trinajstić information content (AvgIpc) is 2.55. The number of carbonyl (C=O) groups is 1. The molecule has 0 saturated carbocycles. The lowest BCUT2D eigenvalue weighted by atomic mass is 9.96. The van der Waals surface area contributed by atoms with Gasteiger partial charge in [0.25, 0.3) is 0 Å². The number of rotatable bonds is 5. The quantitative estimate of drug-likeness (QED) is 0.465. The van der Waals surface area contributed by atoms with Gasteiger partial charge in [0, 0.05) is 21.6 Å². The van der Waals surface area contributed by atoms with E-state index >= 15 is 0 Å². The molecule has 0 aliphatic heterocycles. The van der Waals surface area contributed by atoms with E-state index in [0.29, 0.717) is 16.3 Å². The van der Waals surface area contributed by atoms with E-state index in [4.69, 9.17) is 15.8 Å². The Balaban J connectivity index is 2.40. The highest BCUT2D eigenvalue weighted by Gasteiger charge is 2.21. The smallest absolute Gasteiger partial charge is 0.306 e. The summed E-state index contributed by atoms with van der Waals surface area (Å²) in [7, 11) is -3.61. The first kappa shape index (κ1) is 20.9. The van der Waals surface area contributed by atoms with Gasteiger partial charge in [-0.1, -0.05) is 44.5 Å². The Kier molecular flexibility index (Phi) is 6.28. The van der Waals surface area contributed by atoms with E-state index in [-0.39, 0.29) is 11.7 Å². The first-order chi connectivity index (χ1) is 12.5. The van der Waals surface area contributed by atoms with Crippen molar-refractivity contribution in [1.29, 1.82) is 0 Å². The number of nitrogens with one attached hydrogen (secondary N) is 1. The summed E-state index contributed by atoms with van der Waals surface area (Å²) in [6, 6.07) is 13.4. The number of hydrazone groups is 1. The largest absolute Gasteiger partial charge is 0.383 e. The van der Waals surface area contributed by atoms with Crippen LogP contribution in [0.2, 0.25) is 5.02 Å². The molecular formula is C19H21ClN2O4S. The lowest BCUT2D eigenvalue weighted by molar-refractivity contribution is -0.128. The van der Waals surface area contributed by atoms with Crippen molar-refractivity contribution < 1.29 is 17.4 Å². The first-order valence-electron chi connectivity index (χ1n) is 8.10. The Labute approximate surface area is 164 Å². The van der Waals surface area contributed by atoms with Crippen LogP contribution >= 0.6 is 11.6 Å². The van der Waals surface area contributed by atoms with Gasteiger partial charge < -0.3 is 4.18 Å². The van der Waals surface area contributed by atoms with Crippen molar-refractivity contribution in [2.24, 2.45) is 10.5 Å². The van der Waals surface area contributed by atoms with E-state index in [1.54, 1.807) is 57.2 Å². The fraction of sp³-hybridized carbons (Fsp3) is 0.263. The number of carbonyl (C=O) groups excluding carboxylic acids is 1. The maximum Gasteiger partial charge on any atom is 0.306 e. The van der Waals surface area contributed by atoms with Gasteiger partial charge in [-0.3, -0.25) is 4.79 Å². The van der Waals surface area contributed by atoms with E-state index < -0.39 is 15.5 Å². The SMILES string of the molecule is CC(C)(C)C(=O)NN=C(c1ccc(Cl)cc1)c1ccc(OS(C)(=O)=O)cc1. The lowest BCUT2D eigenvalue weighted by Gasteiger charge is -2.16. The van der Waals surface area contributed by atoms with Crippen molar-refractivity contribution in [1.82, 2.24) is 5.43 Å². The third-order valence-corrected chi connectivity index (χ3v) is 4.19. The fourth-order valence-electron chi connectivity index (χ4n) is 2.02. The molecule has 0 fully saturated rings. The standard InChI is InChI=1S/C19H21ClN2O4S/c1-19(2,3)18(23)22-21-17(13-5-9-15(20)10-6-13)14-7-11-16(12-8-14)26-27(4,24)25/h5-12H,1-4H3,(H,22,23). The summed E-state index contributed by atoms with van der Waals surface area (Å²) < 4.78 is 27.3. The molecule has 6 nitrogen and oxygen atoms in total. The number of hydrogen-bond donors (Lipinski definition) is 1. The molecule has 144 valence electrons. The number of halogens is 1. The highest BCUT2D eigenvalue weighted by molar-refractivity contribution is 7.86. The van der Waals surface area contributed by atoms with Crippen LogP contribution in [-0.2, 0) is 14.9 Å². The van der Waals surface area contributed by atoms with Crippen molar-refractivity contribution in [2.75, 3.05) is 6.26 Å². The van der Waals surface area contributed by atoms with Gasteiger partial charge >= 0.3 is 10.1 Å². The molecule has 2 aromatic rings. The summed E-state index contributed by atoms with van der Waals surface area (Å²) in [6.07, 6.45) is 0.976. The molecule has 27 heavy (non-hydrogen) atoms. The minimum atomic E-state index is -3.61. The van der Waals surface area contributed by atoms with Gasteiger partial charge in [0.2, 0.25) is 5.91 Å². The monoisotopic (exact) mass is 408 g/mol. The van der Waals surface area contributed by atoms with E-state index in [2.05, 4.69) is 10.5 Å². The Hall–Kier alpha value is -2.38. The number of hydrogen-bond acceptors (Lipinski definition) is 5. The van der Waals surface area contributed by atoms with Gasteiger partial charge in [0.1, 0.15) is 5.75 Å². The maximum atomic E-state index is 12.2. The predicted molar refractivity (Wildman–Crippen MR) is 107 cm³/mol. The first-order valence-corrected chi connectivity index (χ1v) is 10.3. The third-order valence-electron chi connectivity index (χ3n) is 3.44. The molecule has 8 heteroatoms. The van der Waals surface area contributed by atoms with Crippen LogP contribution in [0.5, 0.6) is 5.75 Å². The van der Waals surface area contributed by atoms with Gasteiger partial charge in [-0.15, -0.1) is 0 Å². The summed E-state index contributed by atoms with van der Waals surface area (Å²) in [5, 5.41) is 4.86. The number of benzene rings is 2. The zero-order valence-electron chi connectivity index (χ0n) is 15.5. The molecule has 0 atom stereocenters. The van der Waals surface area contributed by atoms with Crippen LogP contribution in [0.1, 0.15) is 31.9 Å². The molecule has 0 aliphatic rings. The van der Waals surface area contributed by atoms with E-state index in [1.165, 1.54) is 12.1 Å². The van der Waals surface area contributed by atoms with E-state index in [0.717, 1.165) is 11.8 Å². The highest BCUT2D eigenvalue weighted by Crippen LogP contribution is 2.19. The van der Waals surface area contributed by atoms with Crippen molar-refractivity contribution in [3.63, 3.8) is 0 Å².